The highest BCUT2D eigenvalue weighted by Gasteiger charge is 2.61. The summed E-state index contributed by atoms with van der Waals surface area (Å²) in [5, 5.41) is 16.6. The van der Waals surface area contributed by atoms with Gasteiger partial charge >= 0.3 is 12.1 Å². The van der Waals surface area contributed by atoms with Crippen LogP contribution in [0.25, 0.3) is 10.9 Å². The SMILES string of the molecule is CCOc1cc(O[C@@H]2C[C@H]3C(=O)N[C@]4(C(=O)O)C[C@@H]4/C=C\CCCC[C@H](NC(=O)O[C@@H]4CCOC4)CC(=O)N3C2)c2cccc(C)c2n1. The third-order valence-electron chi connectivity index (χ3n) is 9.64. The number of carbonyl (C=O) groups is 4. The van der Waals surface area contributed by atoms with E-state index in [2.05, 4.69) is 15.6 Å². The van der Waals surface area contributed by atoms with Crippen molar-refractivity contribution in [2.75, 3.05) is 26.4 Å². The number of benzene rings is 1. The van der Waals surface area contributed by atoms with Crippen LogP contribution in [0.5, 0.6) is 11.6 Å². The number of allylic oxidation sites excluding steroid dienone is 1. The van der Waals surface area contributed by atoms with Crippen LogP contribution in [0, 0.1) is 12.8 Å². The molecule has 3 amide bonds. The van der Waals surface area contributed by atoms with Crippen LogP contribution in [-0.2, 0) is 23.9 Å². The minimum atomic E-state index is -1.41. The second-order valence-electron chi connectivity index (χ2n) is 13.1. The highest BCUT2D eigenvalue weighted by molar-refractivity contribution is 5.95. The Morgan fingerprint density at radius 1 is 1.21 bits per heavy atom. The molecule has 13 heteroatoms. The number of alkyl carbamates (subject to hydrolysis) is 1. The predicted molar refractivity (Wildman–Crippen MR) is 174 cm³/mol. The highest BCUT2D eigenvalue weighted by Crippen LogP contribution is 2.45. The number of ether oxygens (including phenoxy) is 4. The number of carboxylic acids is 1. The maximum absolute atomic E-state index is 14.0. The van der Waals surface area contributed by atoms with Gasteiger partial charge in [-0.1, -0.05) is 30.7 Å². The van der Waals surface area contributed by atoms with Crippen molar-refractivity contribution in [2.45, 2.75) is 95.0 Å². The summed E-state index contributed by atoms with van der Waals surface area (Å²) in [4.78, 5) is 59.2. The number of aromatic nitrogens is 1. The lowest BCUT2D eigenvalue weighted by Gasteiger charge is -2.27. The number of aryl methyl sites for hydroxylation is 1. The summed E-state index contributed by atoms with van der Waals surface area (Å²) in [6.45, 7) is 5.19. The Labute approximate surface area is 279 Å². The Kier molecular flexibility index (Phi) is 10.0. The predicted octanol–water partition coefficient (Wildman–Crippen LogP) is 3.65. The van der Waals surface area contributed by atoms with Crippen LogP contribution in [-0.4, -0.2) is 95.1 Å². The molecule has 2 aromatic rings. The molecular formula is C35H44N4O9. The highest BCUT2D eigenvalue weighted by atomic mass is 16.6. The molecule has 48 heavy (non-hydrogen) atoms. The van der Waals surface area contributed by atoms with Gasteiger partial charge in [-0.25, -0.2) is 14.6 Å². The second kappa shape index (κ2) is 14.4. The van der Waals surface area contributed by atoms with E-state index in [0.29, 0.717) is 50.7 Å². The number of hydrogen-bond acceptors (Lipinski definition) is 9. The summed E-state index contributed by atoms with van der Waals surface area (Å²) in [6.07, 6.45) is 6.06. The number of hydrogen-bond donors (Lipinski definition) is 3. The Hall–Kier alpha value is -4.39. The molecule has 2 saturated heterocycles. The van der Waals surface area contributed by atoms with E-state index in [0.717, 1.165) is 29.3 Å². The van der Waals surface area contributed by atoms with E-state index in [9.17, 15) is 24.3 Å². The smallest absolute Gasteiger partial charge is 0.407 e. The van der Waals surface area contributed by atoms with E-state index in [1.807, 2.05) is 44.2 Å². The lowest BCUT2D eigenvalue weighted by atomic mass is 10.0. The molecule has 3 N–H and O–H groups in total. The molecular weight excluding hydrogens is 620 g/mol. The molecule has 4 heterocycles. The van der Waals surface area contributed by atoms with Crippen LogP contribution in [0.15, 0.2) is 36.4 Å². The van der Waals surface area contributed by atoms with E-state index in [1.54, 1.807) is 6.07 Å². The number of nitrogens with zero attached hydrogens (tertiary/aromatic N) is 2. The van der Waals surface area contributed by atoms with Gasteiger partial charge in [-0.3, -0.25) is 9.59 Å². The Morgan fingerprint density at radius 3 is 2.83 bits per heavy atom. The average Bonchev–Trinajstić information content (AvgIpc) is 3.33. The Morgan fingerprint density at radius 2 is 2.06 bits per heavy atom. The number of carbonyl (C=O) groups excluding carboxylic acids is 3. The summed E-state index contributed by atoms with van der Waals surface area (Å²) in [5.74, 6) is -1.41. The fraction of sp³-hybridized carbons (Fsp3) is 0.571. The van der Waals surface area contributed by atoms with Crippen LogP contribution in [0.4, 0.5) is 4.79 Å². The topological polar surface area (TPSA) is 166 Å². The molecule has 3 aliphatic heterocycles. The lowest BCUT2D eigenvalue weighted by Crippen LogP contribution is -2.53. The molecule has 0 spiro atoms. The van der Waals surface area contributed by atoms with Gasteiger partial charge in [0.2, 0.25) is 17.7 Å². The van der Waals surface area contributed by atoms with E-state index in [4.69, 9.17) is 18.9 Å². The zero-order chi connectivity index (χ0) is 33.8. The van der Waals surface area contributed by atoms with Gasteiger partial charge in [0.1, 0.15) is 29.5 Å². The molecule has 258 valence electrons. The number of amides is 3. The Bertz CT molecular complexity index is 1570. The molecule has 1 aromatic carbocycles. The van der Waals surface area contributed by atoms with Crippen LogP contribution in [0.1, 0.15) is 63.9 Å². The molecule has 6 atom stereocenters. The van der Waals surface area contributed by atoms with Crippen molar-refractivity contribution in [1.82, 2.24) is 20.5 Å². The van der Waals surface area contributed by atoms with E-state index in [1.165, 1.54) is 4.90 Å². The number of fused-ring (bicyclic) bond motifs is 3. The van der Waals surface area contributed by atoms with Gasteiger partial charge in [-0.2, -0.15) is 0 Å². The molecule has 1 aromatic heterocycles. The number of carboxylic acid groups (broad SMARTS) is 1. The van der Waals surface area contributed by atoms with Crippen LogP contribution in [0.2, 0.25) is 0 Å². The van der Waals surface area contributed by atoms with Gasteiger partial charge < -0.3 is 39.6 Å². The van der Waals surface area contributed by atoms with Gasteiger partial charge in [0.05, 0.1) is 31.9 Å². The molecule has 3 fully saturated rings. The van der Waals surface area contributed by atoms with Crippen molar-refractivity contribution in [2.24, 2.45) is 5.92 Å². The van der Waals surface area contributed by atoms with Crippen molar-refractivity contribution < 1.29 is 43.2 Å². The zero-order valence-electron chi connectivity index (χ0n) is 27.4. The number of pyridine rings is 1. The van der Waals surface area contributed by atoms with E-state index in [-0.39, 0.29) is 43.7 Å². The van der Waals surface area contributed by atoms with Crippen molar-refractivity contribution in [3.63, 3.8) is 0 Å². The third-order valence-corrected chi connectivity index (χ3v) is 9.64. The summed E-state index contributed by atoms with van der Waals surface area (Å²) in [6, 6.07) is 5.97. The maximum atomic E-state index is 14.0. The lowest BCUT2D eigenvalue weighted by molar-refractivity contribution is -0.145. The van der Waals surface area contributed by atoms with Crippen molar-refractivity contribution in [3.05, 3.63) is 42.0 Å². The van der Waals surface area contributed by atoms with Gasteiger partial charge in [0.25, 0.3) is 0 Å². The summed E-state index contributed by atoms with van der Waals surface area (Å²) in [5.41, 5.74) is 0.253. The first-order valence-corrected chi connectivity index (χ1v) is 16.9. The average molecular weight is 665 g/mol. The van der Waals surface area contributed by atoms with Crippen molar-refractivity contribution in [1.29, 1.82) is 0 Å². The van der Waals surface area contributed by atoms with Crippen LogP contribution < -0.4 is 20.1 Å². The number of rotatable bonds is 7. The maximum Gasteiger partial charge on any atom is 0.407 e. The fourth-order valence-electron chi connectivity index (χ4n) is 6.94. The molecule has 1 aliphatic carbocycles. The summed E-state index contributed by atoms with van der Waals surface area (Å²) in [7, 11) is 0. The third kappa shape index (κ3) is 7.35. The van der Waals surface area contributed by atoms with Crippen LogP contribution in [0.3, 0.4) is 0 Å². The first-order chi connectivity index (χ1) is 23.2. The molecule has 4 aliphatic rings. The minimum absolute atomic E-state index is 0.0544. The first kappa shape index (κ1) is 33.5. The zero-order valence-corrected chi connectivity index (χ0v) is 27.4. The summed E-state index contributed by atoms with van der Waals surface area (Å²) >= 11 is 0. The molecule has 13 nitrogen and oxygen atoms in total. The van der Waals surface area contributed by atoms with Crippen molar-refractivity contribution >= 4 is 34.8 Å². The van der Waals surface area contributed by atoms with E-state index >= 15 is 0 Å². The number of aliphatic carboxylic acids is 1. The van der Waals surface area contributed by atoms with E-state index < -0.39 is 41.7 Å². The largest absolute Gasteiger partial charge is 0.488 e. The normalized spacial score (nSPS) is 29.9. The van der Waals surface area contributed by atoms with Gasteiger partial charge in [0, 0.05) is 42.7 Å². The van der Waals surface area contributed by atoms with Gasteiger partial charge in [-0.15, -0.1) is 0 Å². The first-order valence-electron chi connectivity index (χ1n) is 16.9. The monoisotopic (exact) mass is 664 g/mol. The molecule has 6 rings (SSSR count). The molecule has 0 radical (unpaired) electrons. The van der Waals surface area contributed by atoms with Gasteiger partial charge in [0.15, 0.2) is 0 Å². The van der Waals surface area contributed by atoms with Gasteiger partial charge in [-0.05, 0) is 51.2 Å². The molecule has 1 saturated carbocycles. The second-order valence-corrected chi connectivity index (χ2v) is 13.1. The quantitative estimate of drug-likeness (QED) is 0.372. The van der Waals surface area contributed by atoms with Crippen molar-refractivity contribution in [3.8, 4) is 11.6 Å². The number of nitrogens with one attached hydrogen (secondary N) is 2. The Balaban J connectivity index is 1.26. The molecule has 0 bridgehead atoms. The number of para-hydroxylation sites is 1. The van der Waals surface area contributed by atoms with Crippen LogP contribution >= 0.6 is 0 Å². The molecule has 0 unspecified atom stereocenters. The standard InChI is InChI=1S/C35H44N4O9/c1-3-46-29-17-28(26-12-8-9-21(2)31(26)37-29)47-25-16-27-32(41)38-35(33(42)43)18-22(35)10-6-4-5-7-11-23(15-30(40)39(27)19-25)36-34(44)48-24-13-14-45-20-24/h6,8-10,12,17,22-25,27H,3-5,7,11,13-16,18-20H2,1-2H3,(H,36,44)(H,38,41)(H,42,43)/b10-6-/t22-,23-,24+,25+,27-,35+/m0/s1. The summed E-state index contributed by atoms with van der Waals surface area (Å²) < 4.78 is 23.1. The fourth-order valence-corrected chi connectivity index (χ4v) is 6.94. The minimum Gasteiger partial charge on any atom is -0.488 e.